The van der Waals surface area contributed by atoms with Gasteiger partial charge in [0.15, 0.2) is 11.5 Å². The van der Waals surface area contributed by atoms with Gasteiger partial charge in [0.05, 0.1) is 13.2 Å². The van der Waals surface area contributed by atoms with Gasteiger partial charge in [-0.25, -0.2) is 9.97 Å². The monoisotopic (exact) mass is 461 g/mol. The van der Waals surface area contributed by atoms with E-state index in [9.17, 15) is 13.6 Å². The maximum absolute atomic E-state index is 12.6. The summed E-state index contributed by atoms with van der Waals surface area (Å²) in [6, 6.07) is 3.72. The average Bonchev–Trinajstić information content (AvgIpc) is 3.12. The van der Waals surface area contributed by atoms with Crippen LogP contribution in [0, 0.1) is 6.92 Å². The fourth-order valence-electron chi connectivity index (χ4n) is 2.93. The number of pyridine rings is 1. The Labute approximate surface area is 187 Å². The van der Waals surface area contributed by atoms with Crippen molar-refractivity contribution in [1.82, 2.24) is 29.5 Å². The molecule has 0 aliphatic rings. The molecule has 13 heteroatoms. The van der Waals surface area contributed by atoms with Crippen molar-refractivity contribution in [1.29, 1.82) is 0 Å². The maximum atomic E-state index is 12.6. The van der Waals surface area contributed by atoms with Crippen LogP contribution in [0.4, 0.5) is 17.6 Å². The lowest BCUT2D eigenvalue weighted by Crippen LogP contribution is -2.26. The molecule has 3 aromatic heterocycles. The van der Waals surface area contributed by atoms with E-state index in [1.807, 2.05) is 44.7 Å². The number of nitrogens with one attached hydrogen (secondary N) is 2. The van der Waals surface area contributed by atoms with Gasteiger partial charge < -0.3 is 19.5 Å². The highest BCUT2D eigenvalue weighted by molar-refractivity contribution is 7.77. The molecule has 0 spiro atoms. The van der Waals surface area contributed by atoms with Crippen molar-refractivity contribution >= 4 is 45.8 Å². The summed E-state index contributed by atoms with van der Waals surface area (Å²) < 4.78 is 30.9. The Morgan fingerprint density at radius 3 is 2.78 bits per heavy atom. The molecule has 12 nitrogen and oxygen atoms in total. The second kappa shape index (κ2) is 10.4. The van der Waals surface area contributed by atoms with Crippen molar-refractivity contribution in [2.75, 3.05) is 37.0 Å². The summed E-state index contributed by atoms with van der Waals surface area (Å²) in [6.45, 7) is 7.51. The molecule has 0 bridgehead atoms. The Hall–Kier alpha value is -3.16. The summed E-state index contributed by atoms with van der Waals surface area (Å²) in [6.07, 6.45) is 1.67. The van der Waals surface area contributed by atoms with Crippen LogP contribution in [0.3, 0.4) is 0 Å². The standard InChI is InChI=1S/C19H26N8O4S/c1-5-26(4)19-22-14-15(18(28)25-32(29)30)24-27(9-10-31-6-2)16(14)17(23-19)21-13-11-12(3)7-8-20-13/h7-8,11H,5-6,9-10H2,1-4H3,(H,25,28)(H,29,30)(H,20,21,22,23)/p-1. The molecule has 0 aliphatic heterocycles. The predicted octanol–water partition coefficient (Wildman–Crippen LogP) is 1.29. The van der Waals surface area contributed by atoms with E-state index in [0.717, 1.165) is 5.56 Å². The van der Waals surface area contributed by atoms with Crippen molar-refractivity contribution in [2.45, 2.75) is 27.3 Å². The number of rotatable bonds is 10. The van der Waals surface area contributed by atoms with Gasteiger partial charge in [0.2, 0.25) is 5.95 Å². The first-order chi connectivity index (χ1) is 15.3. The Morgan fingerprint density at radius 1 is 1.34 bits per heavy atom. The fourth-order valence-corrected chi connectivity index (χ4v) is 3.18. The van der Waals surface area contributed by atoms with E-state index < -0.39 is 17.2 Å². The third-order valence-corrected chi connectivity index (χ3v) is 4.95. The van der Waals surface area contributed by atoms with E-state index in [2.05, 4.69) is 25.4 Å². The molecule has 0 radical (unpaired) electrons. The molecule has 3 rings (SSSR count). The van der Waals surface area contributed by atoms with Gasteiger partial charge in [-0.15, -0.1) is 0 Å². The molecule has 1 atom stereocenters. The highest BCUT2D eigenvalue weighted by Gasteiger charge is 2.24. The zero-order valence-corrected chi connectivity index (χ0v) is 19.1. The van der Waals surface area contributed by atoms with Crippen molar-refractivity contribution in [2.24, 2.45) is 0 Å². The van der Waals surface area contributed by atoms with E-state index in [1.54, 1.807) is 11.1 Å². The van der Waals surface area contributed by atoms with Gasteiger partial charge in [-0.3, -0.25) is 18.4 Å². The highest BCUT2D eigenvalue weighted by Crippen LogP contribution is 2.28. The molecular weight excluding hydrogens is 436 g/mol. The highest BCUT2D eigenvalue weighted by atomic mass is 32.2. The summed E-state index contributed by atoms with van der Waals surface area (Å²) in [5.41, 5.74) is 1.52. The summed E-state index contributed by atoms with van der Waals surface area (Å²) >= 11 is -2.79. The molecular formula is C19H25N8O4S-. The number of aromatic nitrogens is 5. The lowest BCUT2D eigenvalue weighted by atomic mass is 10.3. The molecule has 0 saturated heterocycles. The molecule has 3 heterocycles. The summed E-state index contributed by atoms with van der Waals surface area (Å²) in [4.78, 5) is 27.8. The Balaban J connectivity index is 2.21. The minimum absolute atomic E-state index is 0.130. The van der Waals surface area contributed by atoms with Crippen LogP contribution in [0.25, 0.3) is 11.0 Å². The molecule has 0 aromatic carbocycles. The number of aryl methyl sites for hydroxylation is 1. The molecule has 172 valence electrons. The number of ether oxygens (including phenoxy) is 1. The quantitative estimate of drug-likeness (QED) is 0.334. The van der Waals surface area contributed by atoms with E-state index in [4.69, 9.17) is 4.74 Å². The summed E-state index contributed by atoms with van der Waals surface area (Å²) in [5, 5.41) is 7.52. The van der Waals surface area contributed by atoms with Crippen molar-refractivity contribution < 1.29 is 18.3 Å². The minimum Gasteiger partial charge on any atom is -0.755 e. The topological polar surface area (TPSA) is 150 Å². The Kier molecular flexibility index (Phi) is 7.66. The smallest absolute Gasteiger partial charge is 0.284 e. The molecule has 1 unspecified atom stereocenters. The van der Waals surface area contributed by atoms with Crippen LogP contribution >= 0.6 is 0 Å². The SMILES string of the molecule is CCOCCn1nc(C(=O)NS(=O)[O-])c2nc(N(C)CC)nc(Nc3cc(C)ccn3)c21. The van der Waals surface area contributed by atoms with Crippen molar-refractivity contribution in [3.05, 3.63) is 29.6 Å². The number of nitrogens with zero attached hydrogens (tertiary/aromatic N) is 6. The van der Waals surface area contributed by atoms with Gasteiger partial charge in [-0.1, -0.05) is 0 Å². The van der Waals surface area contributed by atoms with Crippen LogP contribution in [0.15, 0.2) is 18.3 Å². The van der Waals surface area contributed by atoms with Crippen LogP contribution in [0.2, 0.25) is 0 Å². The van der Waals surface area contributed by atoms with E-state index in [-0.39, 0.29) is 11.2 Å². The number of hydrogen-bond donors (Lipinski definition) is 2. The number of fused-ring (bicyclic) bond motifs is 1. The zero-order chi connectivity index (χ0) is 23.3. The van der Waals surface area contributed by atoms with Crippen LogP contribution in [-0.4, -0.2) is 66.2 Å². The third kappa shape index (κ3) is 5.36. The lowest BCUT2D eigenvalue weighted by molar-refractivity contribution is 0.0974. The first kappa shape index (κ1) is 23.5. The first-order valence-corrected chi connectivity index (χ1v) is 11.1. The second-order valence-corrected chi connectivity index (χ2v) is 7.54. The molecule has 2 N–H and O–H groups in total. The van der Waals surface area contributed by atoms with Gasteiger partial charge in [-0.05, 0) is 38.5 Å². The van der Waals surface area contributed by atoms with Crippen LogP contribution in [0.5, 0.6) is 0 Å². The number of carbonyl (C=O) groups excluding carboxylic acids is 1. The molecule has 0 fully saturated rings. The van der Waals surface area contributed by atoms with Crippen molar-refractivity contribution in [3.63, 3.8) is 0 Å². The van der Waals surface area contributed by atoms with Crippen LogP contribution < -0.4 is 14.9 Å². The van der Waals surface area contributed by atoms with E-state index in [0.29, 0.717) is 49.4 Å². The average molecular weight is 462 g/mol. The number of anilines is 3. The van der Waals surface area contributed by atoms with Gasteiger partial charge in [0, 0.05) is 37.7 Å². The summed E-state index contributed by atoms with van der Waals surface area (Å²) in [5.74, 6) is 0.396. The molecule has 3 aromatic rings. The van der Waals surface area contributed by atoms with Gasteiger partial charge in [0.25, 0.3) is 5.91 Å². The number of carbonyl (C=O) groups is 1. The second-order valence-electron chi connectivity index (χ2n) is 6.86. The Morgan fingerprint density at radius 2 is 2.12 bits per heavy atom. The van der Waals surface area contributed by atoms with Gasteiger partial charge >= 0.3 is 0 Å². The van der Waals surface area contributed by atoms with Crippen molar-refractivity contribution in [3.8, 4) is 0 Å². The molecule has 0 aliphatic carbocycles. The minimum atomic E-state index is -2.79. The van der Waals surface area contributed by atoms with Gasteiger partial charge in [-0.2, -0.15) is 10.1 Å². The molecule has 0 saturated carbocycles. The molecule has 32 heavy (non-hydrogen) atoms. The maximum Gasteiger partial charge on any atom is 0.284 e. The lowest BCUT2D eigenvalue weighted by Gasteiger charge is -2.17. The number of amides is 1. The largest absolute Gasteiger partial charge is 0.755 e. The fraction of sp³-hybridized carbons (Fsp3) is 0.421. The number of hydrogen-bond acceptors (Lipinski definition) is 10. The molecule has 1 amide bonds. The van der Waals surface area contributed by atoms with Gasteiger partial charge in [0.1, 0.15) is 16.9 Å². The van der Waals surface area contributed by atoms with E-state index >= 15 is 0 Å². The first-order valence-electron chi connectivity index (χ1n) is 10.0. The normalized spacial score (nSPS) is 12.0. The summed E-state index contributed by atoms with van der Waals surface area (Å²) in [7, 11) is 1.81. The van der Waals surface area contributed by atoms with Crippen LogP contribution in [0.1, 0.15) is 29.9 Å². The van der Waals surface area contributed by atoms with E-state index in [1.165, 1.54) is 4.68 Å². The Bertz CT molecular complexity index is 1140. The predicted molar refractivity (Wildman–Crippen MR) is 119 cm³/mol. The van der Waals surface area contributed by atoms with Crippen LogP contribution in [-0.2, 0) is 22.5 Å². The zero-order valence-electron chi connectivity index (χ0n) is 18.3. The third-order valence-electron chi connectivity index (χ3n) is 4.60.